The first-order valence-electron chi connectivity index (χ1n) is 7.18. The van der Waals surface area contributed by atoms with Crippen LogP contribution >= 0.6 is 11.6 Å². The number of ether oxygens (including phenoxy) is 1. The van der Waals surface area contributed by atoms with Crippen molar-refractivity contribution in [2.75, 3.05) is 5.32 Å². The number of anilines is 1. The number of halogens is 1. The topological polar surface area (TPSA) is 77.3 Å². The van der Waals surface area contributed by atoms with Gasteiger partial charge in [0.25, 0.3) is 5.91 Å². The predicted molar refractivity (Wildman–Crippen MR) is 89.2 cm³/mol. The summed E-state index contributed by atoms with van der Waals surface area (Å²) >= 11 is 5.93. The van der Waals surface area contributed by atoms with Crippen molar-refractivity contribution < 1.29 is 14.1 Å². The maximum Gasteiger partial charge on any atom is 0.278 e. The maximum atomic E-state index is 12.4. The third kappa shape index (κ3) is 3.72. The number of nitrogens with one attached hydrogen (secondary N) is 1. The van der Waals surface area contributed by atoms with Crippen LogP contribution in [0.2, 0.25) is 5.02 Å². The van der Waals surface area contributed by atoms with Gasteiger partial charge in [0.2, 0.25) is 0 Å². The van der Waals surface area contributed by atoms with Gasteiger partial charge in [0.15, 0.2) is 5.69 Å². The average molecular weight is 344 g/mol. The number of carbonyl (C=O) groups is 1. The zero-order chi connectivity index (χ0) is 16.9. The zero-order valence-electron chi connectivity index (χ0n) is 12.8. The summed E-state index contributed by atoms with van der Waals surface area (Å²) in [7, 11) is 0. The number of pyridine rings is 1. The number of hydrogen-bond acceptors (Lipinski definition) is 5. The molecule has 0 spiro atoms. The molecule has 0 atom stereocenters. The van der Waals surface area contributed by atoms with E-state index < -0.39 is 0 Å². The van der Waals surface area contributed by atoms with Gasteiger partial charge >= 0.3 is 0 Å². The maximum absolute atomic E-state index is 12.4. The number of benzene rings is 1. The van der Waals surface area contributed by atoms with Crippen LogP contribution in [0.15, 0.2) is 53.3 Å². The highest BCUT2D eigenvalue weighted by Gasteiger charge is 2.20. The van der Waals surface area contributed by atoms with Gasteiger partial charge in [-0.05, 0) is 37.3 Å². The molecule has 1 amide bonds. The summed E-state index contributed by atoms with van der Waals surface area (Å²) in [6.45, 7) is 1.88. The quantitative estimate of drug-likeness (QED) is 0.761. The Labute approximate surface area is 143 Å². The Balaban J connectivity index is 1.74. The highest BCUT2D eigenvalue weighted by molar-refractivity contribution is 6.30. The van der Waals surface area contributed by atoms with Crippen molar-refractivity contribution in [3.63, 3.8) is 0 Å². The fourth-order valence-corrected chi connectivity index (χ4v) is 2.26. The Morgan fingerprint density at radius 1 is 1.29 bits per heavy atom. The molecular weight excluding hydrogens is 330 g/mol. The molecule has 0 unspecified atom stereocenters. The van der Waals surface area contributed by atoms with Crippen LogP contribution in [-0.2, 0) is 6.61 Å². The molecule has 1 aromatic carbocycles. The van der Waals surface area contributed by atoms with Crippen molar-refractivity contribution >= 4 is 23.2 Å². The largest absolute Gasteiger partial charge is 0.489 e. The lowest BCUT2D eigenvalue weighted by Gasteiger charge is -2.07. The van der Waals surface area contributed by atoms with Crippen LogP contribution < -0.4 is 10.1 Å². The van der Waals surface area contributed by atoms with Gasteiger partial charge < -0.3 is 14.6 Å². The Morgan fingerprint density at radius 2 is 2.08 bits per heavy atom. The number of hydrogen-bond donors (Lipinski definition) is 1. The van der Waals surface area contributed by atoms with Crippen molar-refractivity contribution in [2.45, 2.75) is 13.5 Å². The van der Waals surface area contributed by atoms with E-state index in [0.29, 0.717) is 27.8 Å². The Kier molecular flexibility index (Phi) is 4.77. The lowest BCUT2D eigenvalue weighted by Crippen LogP contribution is -2.15. The van der Waals surface area contributed by atoms with Crippen LogP contribution in [0.25, 0.3) is 0 Å². The second-order valence-corrected chi connectivity index (χ2v) is 5.44. The summed E-state index contributed by atoms with van der Waals surface area (Å²) in [6, 6.07) is 10.4. The third-order valence-corrected chi connectivity index (χ3v) is 3.55. The van der Waals surface area contributed by atoms with E-state index in [1.165, 1.54) is 0 Å². The van der Waals surface area contributed by atoms with Gasteiger partial charge in [0.1, 0.15) is 18.1 Å². The molecule has 24 heavy (non-hydrogen) atoms. The number of rotatable bonds is 5. The van der Waals surface area contributed by atoms with Crippen molar-refractivity contribution in [2.24, 2.45) is 0 Å². The number of amides is 1. The third-order valence-electron chi connectivity index (χ3n) is 3.32. The Hall–Kier alpha value is -2.86. The number of carbonyl (C=O) groups excluding carboxylic acids is 1. The van der Waals surface area contributed by atoms with Crippen molar-refractivity contribution in [3.8, 4) is 5.75 Å². The van der Waals surface area contributed by atoms with Crippen LogP contribution in [0.1, 0.15) is 21.8 Å². The van der Waals surface area contributed by atoms with Gasteiger partial charge in [-0.25, -0.2) is 0 Å². The second-order valence-electron chi connectivity index (χ2n) is 5.00. The lowest BCUT2D eigenvalue weighted by atomic mass is 10.2. The molecule has 6 nitrogen and oxygen atoms in total. The van der Waals surface area contributed by atoms with E-state index in [0.717, 1.165) is 0 Å². The molecule has 3 rings (SSSR count). The first kappa shape index (κ1) is 16.0. The molecule has 0 aliphatic heterocycles. The van der Waals surface area contributed by atoms with Crippen LogP contribution in [-0.4, -0.2) is 16.0 Å². The summed E-state index contributed by atoms with van der Waals surface area (Å²) in [6.07, 6.45) is 3.18. The SMILES string of the molecule is Cc1onc(C(=O)Nc2ccncc2)c1COc1cccc(Cl)c1. The van der Waals surface area contributed by atoms with Crippen LogP contribution in [0.5, 0.6) is 5.75 Å². The molecule has 0 aliphatic rings. The second kappa shape index (κ2) is 7.14. The molecule has 0 radical (unpaired) electrons. The van der Waals surface area contributed by atoms with Gasteiger partial charge in [-0.3, -0.25) is 9.78 Å². The van der Waals surface area contributed by atoms with Crippen molar-refractivity contribution in [1.82, 2.24) is 10.1 Å². The normalized spacial score (nSPS) is 10.4. The smallest absolute Gasteiger partial charge is 0.278 e. The average Bonchev–Trinajstić information content (AvgIpc) is 2.95. The Morgan fingerprint density at radius 3 is 2.83 bits per heavy atom. The minimum absolute atomic E-state index is 0.148. The van der Waals surface area contributed by atoms with E-state index in [1.54, 1.807) is 55.7 Å². The lowest BCUT2D eigenvalue weighted by molar-refractivity contribution is 0.101. The number of aromatic nitrogens is 2. The summed E-state index contributed by atoms with van der Waals surface area (Å²) in [4.78, 5) is 16.3. The number of nitrogens with zero attached hydrogens (tertiary/aromatic N) is 2. The van der Waals surface area contributed by atoms with E-state index in [-0.39, 0.29) is 18.2 Å². The molecule has 0 saturated heterocycles. The fraction of sp³-hybridized carbons (Fsp3) is 0.118. The molecule has 0 saturated carbocycles. The molecular formula is C17H14ClN3O3. The van der Waals surface area contributed by atoms with E-state index >= 15 is 0 Å². The predicted octanol–water partition coefficient (Wildman–Crippen LogP) is 3.86. The minimum Gasteiger partial charge on any atom is -0.489 e. The number of aryl methyl sites for hydroxylation is 1. The van der Waals surface area contributed by atoms with E-state index in [9.17, 15) is 4.79 Å². The highest BCUT2D eigenvalue weighted by atomic mass is 35.5. The molecule has 0 bridgehead atoms. The fourth-order valence-electron chi connectivity index (χ4n) is 2.08. The molecule has 2 heterocycles. The molecule has 7 heteroatoms. The van der Waals surface area contributed by atoms with Gasteiger partial charge in [0.05, 0.1) is 5.56 Å². The zero-order valence-corrected chi connectivity index (χ0v) is 13.6. The van der Waals surface area contributed by atoms with Crippen molar-refractivity contribution in [1.29, 1.82) is 0 Å². The minimum atomic E-state index is -0.372. The monoisotopic (exact) mass is 343 g/mol. The first-order chi connectivity index (χ1) is 11.6. The molecule has 2 aromatic heterocycles. The first-order valence-corrected chi connectivity index (χ1v) is 7.56. The summed E-state index contributed by atoms with van der Waals surface area (Å²) in [5.41, 5.74) is 1.39. The molecule has 0 aliphatic carbocycles. The van der Waals surface area contributed by atoms with Gasteiger partial charge in [-0.1, -0.05) is 22.8 Å². The van der Waals surface area contributed by atoms with E-state index in [1.807, 2.05) is 0 Å². The van der Waals surface area contributed by atoms with Gasteiger partial charge in [-0.15, -0.1) is 0 Å². The van der Waals surface area contributed by atoms with Gasteiger partial charge in [-0.2, -0.15) is 0 Å². The van der Waals surface area contributed by atoms with Crippen LogP contribution in [0.4, 0.5) is 5.69 Å². The molecule has 0 fully saturated rings. The summed E-state index contributed by atoms with van der Waals surface area (Å²) in [5.74, 6) is 0.753. The van der Waals surface area contributed by atoms with Crippen LogP contribution in [0, 0.1) is 6.92 Å². The summed E-state index contributed by atoms with van der Waals surface area (Å²) < 4.78 is 10.8. The molecule has 1 N–H and O–H groups in total. The standard InChI is InChI=1S/C17H14ClN3O3/c1-11-15(10-23-14-4-2-3-12(18)9-14)16(21-24-11)17(22)20-13-5-7-19-8-6-13/h2-9H,10H2,1H3,(H,19,20,22). The molecule has 122 valence electrons. The van der Waals surface area contributed by atoms with Crippen LogP contribution in [0.3, 0.4) is 0 Å². The summed E-state index contributed by atoms with van der Waals surface area (Å²) in [5, 5.41) is 7.15. The Bertz CT molecular complexity index is 849. The highest BCUT2D eigenvalue weighted by Crippen LogP contribution is 2.21. The van der Waals surface area contributed by atoms with E-state index in [2.05, 4.69) is 15.5 Å². The van der Waals surface area contributed by atoms with Crippen molar-refractivity contribution in [3.05, 3.63) is 70.8 Å². The molecule has 3 aromatic rings. The van der Waals surface area contributed by atoms with E-state index in [4.69, 9.17) is 20.9 Å². The van der Waals surface area contributed by atoms with Gasteiger partial charge in [0, 0.05) is 23.1 Å².